The second-order valence-corrected chi connectivity index (χ2v) is 23.2. The number of carbonyl (C=O) groups excluding carboxylic acids is 3. The number of hydrogen-bond donors (Lipinski definition) is 1. The maximum atomic E-state index is 13.6. The Kier molecular flexibility index (Phi) is 20.2. The van der Waals surface area contributed by atoms with Gasteiger partial charge in [-0.15, -0.1) is 0 Å². The summed E-state index contributed by atoms with van der Waals surface area (Å²) in [5.41, 5.74) is 6.70. The largest absolute Gasteiger partial charge is 1.00 e. The topological polar surface area (TPSA) is 111 Å². The first kappa shape index (κ1) is 59.6. The Labute approximate surface area is 474 Å². The lowest BCUT2D eigenvalue weighted by atomic mass is 9.91. The highest BCUT2D eigenvalue weighted by Gasteiger charge is 2.66. The Balaban J connectivity index is 0.000000152. The molecular formula is C57H87Br2ClN12O3. The van der Waals surface area contributed by atoms with Gasteiger partial charge in [-0.05, 0) is 83.4 Å². The molecule has 8 heterocycles. The predicted molar refractivity (Wildman–Crippen MR) is 290 cm³/mol. The molecule has 8 saturated heterocycles. The van der Waals surface area contributed by atoms with Gasteiger partial charge in [-0.2, -0.15) is 0 Å². The third-order valence-corrected chi connectivity index (χ3v) is 18.5. The normalized spacial score (nSPS) is 35.0. The molecule has 3 aliphatic carbocycles. The van der Waals surface area contributed by atoms with Gasteiger partial charge in [0.15, 0.2) is 0 Å². The van der Waals surface area contributed by atoms with E-state index in [1.54, 1.807) is 0 Å². The van der Waals surface area contributed by atoms with Crippen molar-refractivity contribution in [2.75, 3.05) is 138 Å². The minimum Gasteiger partial charge on any atom is -1.00 e. The standard InChI is InChI=1S/C21H32N5O.C15H20BrNO.C15H22N2O.C6H12N4.BrH.ClH/c1-3-25(4-2)20(27)21(18-8-6-5-7-9-18)10-19(21)11-26-15-22-12-23(16-26)14-24(13-22)17-26;2*1-3-17(4-2)14(18)15(10-13(15)11-16)12-8-6-5-7-9-12;1-7-2-9-4-8(1)5-10(3-7)6-9;;/h5-9,19H,3-4,10-17H2,1-2H3;5-9,13H,3-4,10-11H2,1-2H3;5-9,13H,3-4,10-11,16H2,1-2H3;1-6H2;2*1H/q+1;;;;;/p-1. The molecule has 414 valence electrons. The van der Waals surface area contributed by atoms with Crippen LogP contribution in [0.2, 0.25) is 0 Å². The van der Waals surface area contributed by atoms with Crippen LogP contribution in [0.3, 0.4) is 0 Å². The highest BCUT2D eigenvalue weighted by molar-refractivity contribution is 9.09. The van der Waals surface area contributed by atoms with Gasteiger partial charge in [-0.3, -0.25) is 38.5 Å². The Hall–Kier alpha value is -3.04. The van der Waals surface area contributed by atoms with Crippen LogP contribution < -0.4 is 35.1 Å². The lowest BCUT2D eigenvalue weighted by Gasteiger charge is -2.61. The molecule has 8 bridgehead atoms. The summed E-state index contributed by atoms with van der Waals surface area (Å²) in [4.78, 5) is 62.6. The van der Waals surface area contributed by atoms with E-state index >= 15 is 0 Å². The molecule has 11 fully saturated rings. The fourth-order valence-corrected chi connectivity index (χ4v) is 14.9. The summed E-state index contributed by atoms with van der Waals surface area (Å²) in [6.45, 7) is 33.0. The van der Waals surface area contributed by atoms with Crippen LogP contribution in [0.5, 0.6) is 0 Å². The Bertz CT molecular complexity index is 2160. The highest BCUT2D eigenvalue weighted by atomic mass is 79.9. The van der Waals surface area contributed by atoms with Crippen molar-refractivity contribution in [1.82, 2.24) is 49.0 Å². The zero-order valence-corrected chi connectivity index (χ0v) is 49.8. The second-order valence-electron chi connectivity index (χ2n) is 22.5. The van der Waals surface area contributed by atoms with Crippen LogP contribution in [0, 0.1) is 17.8 Å². The number of likely N-dealkylation sites (N-methyl/N-ethyl adjacent to an activating group) is 3. The molecule has 75 heavy (non-hydrogen) atoms. The summed E-state index contributed by atoms with van der Waals surface area (Å²) in [5.74, 6) is 2.22. The predicted octanol–water partition coefficient (Wildman–Crippen LogP) is -1.43. The van der Waals surface area contributed by atoms with Crippen molar-refractivity contribution in [3.63, 3.8) is 0 Å². The number of benzene rings is 3. The Morgan fingerprint density at radius 1 is 0.480 bits per heavy atom. The highest BCUT2D eigenvalue weighted by Crippen LogP contribution is 2.58. The van der Waals surface area contributed by atoms with Gasteiger partial charge in [-0.1, -0.05) is 107 Å². The molecule has 0 aromatic heterocycles. The van der Waals surface area contributed by atoms with Crippen LogP contribution in [-0.2, 0) is 30.6 Å². The summed E-state index contributed by atoms with van der Waals surface area (Å²) in [7, 11) is 0. The molecule has 6 atom stereocenters. The molecule has 0 spiro atoms. The zero-order chi connectivity index (χ0) is 51.5. The van der Waals surface area contributed by atoms with Crippen molar-refractivity contribution in [3.05, 3.63) is 108 Å². The average molecular weight is 1180 g/mol. The molecule has 14 rings (SSSR count). The fourth-order valence-electron chi connectivity index (χ4n) is 14.1. The zero-order valence-electron chi connectivity index (χ0n) is 45.8. The molecule has 18 heteroatoms. The molecule has 3 amide bonds. The van der Waals surface area contributed by atoms with Gasteiger partial charge in [0.2, 0.25) is 17.7 Å². The SMILES string of the molecule is C1N2CN3CN1CN(C2)C3.CCN(CC)C(=O)C1(c2ccccc2)CC1CBr.CCN(CC)C(=O)C1(c2ccccc2)CC1C[N+]12CN3CN(CN(C3)C1)C2.CCN(CC)C(=O)C1(c2ccccc2)CC1C[NH3+].[Br-].[Cl-]. The second kappa shape index (κ2) is 25.4. The summed E-state index contributed by atoms with van der Waals surface area (Å²) >= 11 is 3.54. The molecule has 3 N–H and O–H groups in total. The maximum absolute atomic E-state index is 13.6. The summed E-state index contributed by atoms with van der Waals surface area (Å²) < 4.78 is 1.12. The van der Waals surface area contributed by atoms with Crippen molar-refractivity contribution in [2.45, 2.75) is 77.0 Å². The molecule has 11 aliphatic rings. The van der Waals surface area contributed by atoms with Crippen molar-refractivity contribution < 1.29 is 54.0 Å². The van der Waals surface area contributed by atoms with Crippen molar-refractivity contribution in [1.29, 1.82) is 0 Å². The summed E-state index contributed by atoms with van der Waals surface area (Å²) in [6, 6.07) is 31.0. The molecule has 3 saturated carbocycles. The van der Waals surface area contributed by atoms with Gasteiger partial charge in [0, 0.05) is 56.4 Å². The van der Waals surface area contributed by atoms with Gasteiger partial charge in [0.05, 0.1) is 89.4 Å². The first-order valence-corrected chi connectivity index (χ1v) is 28.8. The van der Waals surface area contributed by atoms with E-state index < -0.39 is 0 Å². The van der Waals surface area contributed by atoms with Crippen LogP contribution in [0.15, 0.2) is 91.0 Å². The number of halogens is 3. The van der Waals surface area contributed by atoms with Crippen LogP contribution in [0.25, 0.3) is 0 Å². The van der Waals surface area contributed by atoms with E-state index in [4.69, 9.17) is 0 Å². The first-order chi connectivity index (χ1) is 35.4. The minimum atomic E-state index is -0.297. The summed E-state index contributed by atoms with van der Waals surface area (Å²) in [6.07, 6.45) is 2.93. The van der Waals surface area contributed by atoms with Crippen molar-refractivity contribution >= 4 is 33.7 Å². The first-order valence-electron chi connectivity index (χ1n) is 27.7. The minimum absolute atomic E-state index is 0. The number of hydrogen-bond acceptors (Lipinski definition) is 10. The molecular weight excluding hydrogens is 1100 g/mol. The molecule has 3 aromatic rings. The fraction of sp³-hybridized carbons (Fsp3) is 0.632. The molecule has 6 unspecified atom stereocenters. The van der Waals surface area contributed by atoms with Crippen molar-refractivity contribution in [3.8, 4) is 0 Å². The van der Waals surface area contributed by atoms with Gasteiger partial charge in [0.1, 0.15) is 20.0 Å². The molecule has 15 nitrogen and oxygen atoms in total. The van der Waals surface area contributed by atoms with E-state index in [1.165, 1.54) is 51.1 Å². The lowest BCUT2D eigenvalue weighted by Crippen LogP contribution is -3.00. The van der Waals surface area contributed by atoms with Crippen LogP contribution in [0.4, 0.5) is 0 Å². The molecule has 3 aromatic carbocycles. The van der Waals surface area contributed by atoms with E-state index in [-0.39, 0.29) is 51.5 Å². The monoisotopic (exact) mass is 1180 g/mol. The van der Waals surface area contributed by atoms with E-state index in [9.17, 15) is 14.4 Å². The quantitative estimate of drug-likeness (QED) is 0.136. The summed E-state index contributed by atoms with van der Waals surface area (Å²) in [5, 5.41) is 0.898. The van der Waals surface area contributed by atoms with Crippen LogP contribution in [0.1, 0.15) is 77.5 Å². The number of quaternary nitrogens is 2. The number of rotatable bonds is 16. The molecule has 8 aliphatic heterocycles. The number of carbonyl (C=O) groups is 3. The van der Waals surface area contributed by atoms with E-state index in [0.717, 1.165) is 127 Å². The van der Waals surface area contributed by atoms with Gasteiger partial charge < -0.3 is 49.8 Å². The van der Waals surface area contributed by atoms with Gasteiger partial charge in [-0.25, -0.2) is 14.7 Å². The number of alkyl halides is 1. The van der Waals surface area contributed by atoms with Crippen LogP contribution in [-0.4, -0.2) is 209 Å². The van der Waals surface area contributed by atoms with Gasteiger partial charge >= 0.3 is 0 Å². The lowest BCUT2D eigenvalue weighted by molar-refractivity contribution is -0.981. The van der Waals surface area contributed by atoms with Crippen LogP contribution >= 0.6 is 15.9 Å². The third kappa shape index (κ3) is 12.0. The van der Waals surface area contributed by atoms with Gasteiger partial charge in [0.25, 0.3) is 0 Å². The Morgan fingerprint density at radius 2 is 0.747 bits per heavy atom. The van der Waals surface area contributed by atoms with Crippen molar-refractivity contribution in [2.24, 2.45) is 17.8 Å². The van der Waals surface area contributed by atoms with E-state index in [2.05, 4.69) is 124 Å². The molecule has 0 radical (unpaired) electrons. The third-order valence-electron chi connectivity index (χ3n) is 17.7. The number of nitrogens with zero attached hydrogens (tertiary/aromatic N) is 11. The van der Waals surface area contributed by atoms with E-state index in [0.29, 0.717) is 29.6 Å². The Morgan fingerprint density at radius 3 is 1.01 bits per heavy atom. The average Bonchev–Trinajstić information content (AvgIpc) is 4.39. The maximum Gasteiger partial charge on any atom is 0.233 e. The smallest absolute Gasteiger partial charge is 0.233 e. The van der Waals surface area contributed by atoms with E-state index in [1.807, 2.05) is 78.8 Å². The number of amides is 3.